The van der Waals surface area contributed by atoms with Gasteiger partial charge in [-0.25, -0.2) is 9.78 Å². The van der Waals surface area contributed by atoms with E-state index in [1.165, 1.54) is 16.9 Å². The number of benzene rings is 1. The van der Waals surface area contributed by atoms with Crippen LogP contribution in [0.3, 0.4) is 0 Å². The molecule has 1 aliphatic rings. The summed E-state index contributed by atoms with van der Waals surface area (Å²) in [6.45, 7) is 2.40. The summed E-state index contributed by atoms with van der Waals surface area (Å²) in [4.78, 5) is 23.0. The molecule has 1 aliphatic carbocycles. The summed E-state index contributed by atoms with van der Waals surface area (Å²) < 4.78 is 5.15. The predicted molar refractivity (Wildman–Crippen MR) is 105 cm³/mol. The Hall–Kier alpha value is -2.18. The predicted octanol–water partition coefficient (Wildman–Crippen LogP) is 5.14. The van der Waals surface area contributed by atoms with Crippen molar-refractivity contribution in [1.29, 1.82) is 0 Å². The maximum absolute atomic E-state index is 11.9. The maximum atomic E-state index is 11.9. The Balaban J connectivity index is 1.62. The van der Waals surface area contributed by atoms with E-state index in [0.717, 1.165) is 41.0 Å². The number of aromatic nitrogens is 2. The Kier molecular flexibility index (Phi) is 4.78. The fraction of sp³-hybridized carbons (Fsp3) is 0.316. The van der Waals surface area contributed by atoms with Gasteiger partial charge in [-0.2, -0.15) is 4.98 Å². The van der Waals surface area contributed by atoms with Gasteiger partial charge in [-0.1, -0.05) is 6.92 Å². The number of aryl methyl sites for hydroxylation is 2. The lowest BCUT2D eigenvalue weighted by molar-refractivity contribution is 0.0505. The second-order valence-corrected chi connectivity index (χ2v) is 7.64. The van der Waals surface area contributed by atoms with Gasteiger partial charge in [0.15, 0.2) is 0 Å². The number of nitrogens with one attached hydrogen (secondary N) is 1. The van der Waals surface area contributed by atoms with Crippen LogP contribution in [0.1, 0.15) is 40.6 Å². The van der Waals surface area contributed by atoms with Gasteiger partial charge in [-0.15, -0.1) is 11.3 Å². The van der Waals surface area contributed by atoms with E-state index >= 15 is 0 Å². The van der Waals surface area contributed by atoms with Gasteiger partial charge in [-0.05, 0) is 67.1 Å². The zero-order valence-electron chi connectivity index (χ0n) is 14.3. The van der Waals surface area contributed by atoms with Crippen LogP contribution >= 0.6 is 22.9 Å². The lowest BCUT2D eigenvalue weighted by Crippen LogP contribution is -2.05. The number of esters is 1. The molecule has 0 spiro atoms. The van der Waals surface area contributed by atoms with Crippen molar-refractivity contribution in [3.05, 3.63) is 45.6 Å². The van der Waals surface area contributed by atoms with E-state index < -0.39 is 0 Å². The van der Waals surface area contributed by atoms with Crippen molar-refractivity contribution < 1.29 is 9.53 Å². The number of thiophene rings is 1. The molecule has 0 unspecified atom stereocenters. The van der Waals surface area contributed by atoms with Crippen LogP contribution in [0, 0.1) is 0 Å². The van der Waals surface area contributed by atoms with E-state index in [2.05, 4.69) is 15.3 Å². The minimum atomic E-state index is -0.304. The van der Waals surface area contributed by atoms with Crippen molar-refractivity contribution in [1.82, 2.24) is 9.97 Å². The molecule has 0 saturated heterocycles. The molecule has 0 saturated carbocycles. The number of ether oxygens (including phenoxy) is 1. The van der Waals surface area contributed by atoms with Crippen LogP contribution in [-0.4, -0.2) is 22.5 Å². The largest absolute Gasteiger partial charge is 0.462 e. The number of hydrogen-bond acceptors (Lipinski definition) is 6. The topological polar surface area (TPSA) is 64.1 Å². The third kappa shape index (κ3) is 3.27. The van der Waals surface area contributed by atoms with Crippen LogP contribution in [0.5, 0.6) is 0 Å². The number of fused-ring (bicyclic) bond motifs is 3. The maximum Gasteiger partial charge on any atom is 0.338 e. The first-order chi connectivity index (χ1) is 12.7. The first-order valence-electron chi connectivity index (χ1n) is 8.67. The molecule has 0 fully saturated rings. The SMILES string of the molecule is CCCOC(=O)c1ccc(Nc2nc(Cl)nc3sc4c(c23)CCC4)cc1. The Morgan fingerprint density at radius 1 is 1.27 bits per heavy atom. The molecule has 2 aromatic heterocycles. The number of halogens is 1. The zero-order chi connectivity index (χ0) is 18.1. The number of anilines is 2. The smallest absolute Gasteiger partial charge is 0.338 e. The van der Waals surface area contributed by atoms with Gasteiger partial charge in [0.2, 0.25) is 5.28 Å². The van der Waals surface area contributed by atoms with Crippen molar-refractivity contribution >= 4 is 50.6 Å². The van der Waals surface area contributed by atoms with E-state index in [1.54, 1.807) is 23.5 Å². The van der Waals surface area contributed by atoms with Gasteiger partial charge >= 0.3 is 5.97 Å². The fourth-order valence-corrected chi connectivity index (χ4v) is 4.64. The zero-order valence-corrected chi connectivity index (χ0v) is 15.9. The number of carbonyl (C=O) groups excluding carboxylic acids is 1. The Bertz CT molecular complexity index is 969. The van der Waals surface area contributed by atoms with Gasteiger partial charge < -0.3 is 10.1 Å². The lowest BCUT2D eigenvalue weighted by atomic mass is 10.1. The van der Waals surface area contributed by atoms with Gasteiger partial charge in [0.05, 0.1) is 17.6 Å². The van der Waals surface area contributed by atoms with Crippen LogP contribution < -0.4 is 5.32 Å². The highest BCUT2D eigenvalue weighted by Crippen LogP contribution is 2.40. The normalized spacial score (nSPS) is 13.0. The van der Waals surface area contributed by atoms with E-state index in [0.29, 0.717) is 12.2 Å². The lowest BCUT2D eigenvalue weighted by Gasteiger charge is -2.09. The second-order valence-electron chi connectivity index (χ2n) is 6.22. The fourth-order valence-electron chi connectivity index (χ4n) is 3.16. The van der Waals surface area contributed by atoms with Crippen LogP contribution in [-0.2, 0) is 17.6 Å². The highest BCUT2D eigenvalue weighted by Gasteiger charge is 2.22. The van der Waals surface area contributed by atoms with Crippen LogP contribution in [0.25, 0.3) is 10.2 Å². The summed E-state index contributed by atoms with van der Waals surface area (Å²) in [6.07, 6.45) is 4.13. The monoisotopic (exact) mass is 387 g/mol. The minimum absolute atomic E-state index is 0.236. The molecule has 7 heteroatoms. The molecule has 5 nitrogen and oxygen atoms in total. The van der Waals surface area contributed by atoms with E-state index in [-0.39, 0.29) is 11.3 Å². The molecule has 1 N–H and O–H groups in total. The number of nitrogens with zero attached hydrogens (tertiary/aromatic N) is 2. The molecule has 134 valence electrons. The molecule has 0 atom stereocenters. The molecule has 2 heterocycles. The van der Waals surface area contributed by atoms with Crippen LogP contribution in [0.4, 0.5) is 11.5 Å². The van der Waals surface area contributed by atoms with Gasteiger partial charge in [-0.3, -0.25) is 0 Å². The summed E-state index contributed by atoms with van der Waals surface area (Å²) in [7, 11) is 0. The number of hydrogen-bond donors (Lipinski definition) is 1. The van der Waals surface area contributed by atoms with Gasteiger partial charge in [0.1, 0.15) is 10.6 Å². The number of rotatable bonds is 5. The summed E-state index contributed by atoms with van der Waals surface area (Å²) in [5.41, 5.74) is 2.71. The second kappa shape index (κ2) is 7.21. The highest BCUT2D eigenvalue weighted by molar-refractivity contribution is 7.19. The average Bonchev–Trinajstić information content (AvgIpc) is 3.20. The summed E-state index contributed by atoms with van der Waals surface area (Å²) in [5.74, 6) is 0.419. The van der Waals surface area contributed by atoms with Gasteiger partial charge in [0.25, 0.3) is 0 Å². The first-order valence-corrected chi connectivity index (χ1v) is 9.87. The van der Waals surface area contributed by atoms with Crippen molar-refractivity contribution in [3.8, 4) is 0 Å². The number of carbonyl (C=O) groups is 1. The molecular weight excluding hydrogens is 370 g/mol. The first kappa shape index (κ1) is 17.2. The third-order valence-electron chi connectivity index (χ3n) is 4.36. The molecule has 0 radical (unpaired) electrons. The molecular formula is C19H18ClN3O2S. The van der Waals surface area contributed by atoms with Crippen LogP contribution in [0.15, 0.2) is 24.3 Å². The standard InChI is InChI=1S/C19H18ClN3O2S/c1-2-10-25-18(24)11-6-8-12(9-7-11)21-16-15-13-4-3-5-14(13)26-17(15)23-19(20)22-16/h6-9H,2-5,10H2,1H3,(H,21,22,23). The molecule has 4 rings (SSSR count). The average molecular weight is 388 g/mol. The van der Waals surface area contributed by atoms with Crippen molar-refractivity contribution in [2.75, 3.05) is 11.9 Å². The third-order valence-corrected chi connectivity index (χ3v) is 5.71. The summed E-state index contributed by atoms with van der Waals surface area (Å²) in [6, 6.07) is 7.19. The molecule has 0 aliphatic heterocycles. The van der Waals surface area contributed by atoms with Crippen LogP contribution in [0.2, 0.25) is 5.28 Å². The Morgan fingerprint density at radius 2 is 2.08 bits per heavy atom. The van der Waals surface area contributed by atoms with E-state index in [4.69, 9.17) is 16.3 Å². The van der Waals surface area contributed by atoms with E-state index in [9.17, 15) is 4.79 Å². The quantitative estimate of drug-likeness (QED) is 0.484. The summed E-state index contributed by atoms with van der Waals surface area (Å²) in [5, 5.41) is 4.64. The molecule has 3 aromatic rings. The molecule has 26 heavy (non-hydrogen) atoms. The minimum Gasteiger partial charge on any atom is -0.462 e. The molecule has 0 amide bonds. The summed E-state index contributed by atoms with van der Waals surface area (Å²) >= 11 is 7.81. The molecule has 1 aromatic carbocycles. The Morgan fingerprint density at radius 3 is 2.85 bits per heavy atom. The van der Waals surface area contributed by atoms with Crippen molar-refractivity contribution in [2.45, 2.75) is 32.6 Å². The van der Waals surface area contributed by atoms with E-state index in [1.807, 2.05) is 19.1 Å². The Labute approximate surface area is 160 Å². The van der Waals surface area contributed by atoms with Crippen molar-refractivity contribution in [2.24, 2.45) is 0 Å². The molecule has 0 bridgehead atoms. The van der Waals surface area contributed by atoms with Crippen molar-refractivity contribution in [3.63, 3.8) is 0 Å². The van der Waals surface area contributed by atoms with Gasteiger partial charge in [0, 0.05) is 10.6 Å². The highest BCUT2D eigenvalue weighted by atomic mass is 35.5.